The molecule has 0 spiro atoms. The van der Waals surface area contributed by atoms with E-state index in [1.807, 2.05) is 13.8 Å². The fourth-order valence-electron chi connectivity index (χ4n) is 0.906. The Morgan fingerprint density at radius 2 is 2.12 bits per heavy atom. The van der Waals surface area contributed by atoms with Gasteiger partial charge in [0.25, 0.3) is 10.2 Å². The fraction of sp³-hybridized carbons (Fsp3) is 0.667. The van der Waals surface area contributed by atoms with Crippen LogP contribution in [0.5, 0.6) is 0 Å². The van der Waals surface area contributed by atoms with E-state index in [9.17, 15) is 13.2 Å². The van der Waals surface area contributed by atoms with E-state index in [-0.39, 0.29) is 19.0 Å². The maximum Gasteiger partial charge on any atom is 0.318 e. The second-order valence-corrected chi connectivity index (χ2v) is 5.48. The van der Waals surface area contributed by atoms with Crippen LogP contribution >= 0.6 is 0 Å². The van der Waals surface area contributed by atoms with E-state index in [2.05, 4.69) is 11.3 Å². The summed E-state index contributed by atoms with van der Waals surface area (Å²) in [6, 6.07) is 0. The molecule has 0 rings (SSSR count). The molecule has 0 aromatic heterocycles. The lowest BCUT2D eigenvalue weighted by molar-refractivity contribution is -0.137. The zero-order valence-electron chi connectivity index (χ0n) is 9.51. The standard InChI is InChI=1S/C9H18N2O4S/c1-4-5-11(7-9(12)13)16(14,15)10-6-8(2)3/h4,8,10H,1,5-7H2,2-3H3,(H,12,13). The van der Waals surface area contributed by atoms with E-state index in [4.69, 9.17) is 5.11 Å². The number of nitrogens with zero attached hydrogens (tertiary/aromatic N) is 1. The molecule has 0 aliphatic heterocycles. The van der Waals surface area contributed by atoms with Crippen LogP contribution in [0.15, 0.2) is 12.7 Å². The second-order valence-electron chi connectivity index (χ2n) is 3.72. The van der Waals surface area contributed by atoms with Gasteiger partial charge >= 0.3 is 5.97 Å². The number of carboxylic acids is 1. The summed E-state index contributed by atoms with van der Waals surface area (Å²) >= 11 is 0. The Kier molecular flexibility index (Phi) is 6.24. The molecule has 0 radical (unpaired) electrons. The topological polar surface area (TPSA) is 86.7 Å². The van der Waals surface area contributed by atoms with Crippen molar-refractivity contribution in [3.63, 3.8) is 0 Å². The number of nitrogens with one attached hydrogen (secondary N) is 1. The van der Waals surface area contributed by atoms with Gasteiger partial charge in [-0.3, -0.25) is 4.79 Å². The average Bonchev–Trinajstić information content (AvgIpc) is 2.14. The minimum atomic E-state index is -3.74. The maximum absolute atomic E-state index is 11.7. The summed E-state index contributed by atoms with van der Waals surface area (Å²) in [7, 11) is -3.74. The van der Waals surface area contributed by atoms with Crippen molar-refractivity contribution in [2.45, 2.75) is 13.8 Å². The van der Waals surface area contributed by atoms with Crippen LogP contribution in [0.2, 0.25) is 0 Å². The lowest BCUT2D eigenvalue weighted by Crippen LogP contribution is -2.44. The molecule has 0 saturated heterocycles. The molecule has 0 aliphatic carbocycles. The molecular weight excluding hydrogens is 232 g/mol. The summed E-state index contributed by atoms with van der Waals surface area (Å²) < 4.78 is 26.5. The number of hydrogen-bond donors (Lipinski definition) is 2. The molecule has 0 heterocycles. The Morgan fingerprint density at radius 3 is 2.50 bits per heavy atom. The molecule has 0 aromatic rings. The van der Waals surface area contributed by atoms with Gasteiger partial charge in [-0.25, -0.2) is 4.72 Å². The van der Waals surface area contributed by atoms with Crippen LogP contribution in [0, 0.1) is 5.92 Å². The summed E-state index contributed by atoms with van der Waals surface area (Å²) in [6.45, 7) is 6.78. The van der Waals surface area contributed by atoms with E-state index < -0.39 is 22.7 Å². The van der Waals surface area contributed by atoms with Gasteiger partial charge < -0.3 is 5.11 Å². The van der Waals surface area contributed by atoms with Gasteiger partial charge in [0.05, 0.1) is 0 Å². The van der Waals surface area contributed by atoms with Gasteiger partial charge in [-0.2, -0.15) is 12.7 Å². The van der Waals surface area contributed by atoms with E-state index in [1.165, 1.54) is 6.08 Å². The SMILES string of the molecule is C=CCN(CC(=O)O)S(=O)(=O)NCC(C)C. The third-order valence-corrected chi connectivity index (χ3v) is 3.15. The zero-order chi connectivity index (χ0) is 12.8. The fourth-order valence-corrected chi connectivity index (χ4v) is 2.21. The van der Waals surface area contributed by atoms with Crippen molar-refractivity contribution < 1.29 is 18.3 Å². The minimum Gasteiger partial charge on any atom is -0.480 e. The Hall–Kier alpha value is -0.920. The van der Waals surface area contributed by atoms with Gasteiger partial charge in [0, 0.05) is 13.1 Å². The van der Waals surface area contributed by atoms with Gasteiger partial charge in [-0.1, -0.05) is 19.9 Å². The molecule has 0 aromatic carbocycles. The molecule has 0 amide bonds. The van der Waals surface area contributed by atoms with Crippen molar-refractivity contribution >= 4 is 16.2 Å². The number of hydrogen-bond acceptors (Lipinski definition) is 3. The van der Waals surface area contributed by atoms with Crippen LogP contribution in [-0.2, 0) is 15.0 Å². The maximum atomic E-state index is 11.7. The van der Waals surface area contributed by atoms with Crippen molar-refractivity contribution in [1.29, 1.82) is 0 Å². The first-order valence-corrected chi connectivity index (χ1v) is 6.31. The first-order valence-electron chi connectivity index (χ1n) is 4.87. The van der Waals surface area contributed by atoms with E-state index >= 15 is 0 Å². The monoisotopic (exact) mass is 250 g/mol. The van der Waals surface area contributed by atoms with Crippen LogP contribution in [-0.4, -0.2) is 43.4 Å². The third kappa shape index (κ3) is 5.84. The third-order valence-electron chi connectivity index (χ3n) is 1.66. The van der Waals surface area contributed by atoms with Crippen LogP contribution in [0.4, 0.5) is 0 Å². The molecule has 2 N–H and O–H groups in total. The Morgan fingerprint density at radius 1 is 1.56 bits per heavy atom. The normalized spacial score (nSPS) is 12.0. The molecule has 94 valence electrons. The van der Waals surface area contributed by atoms with Crippen molar-refractivity contribution in [3.05, 3.63) is 12.7 Å². The molecule has 0 fully saturated rings. The molecule has 0 unspecified atom stereocenters. The van der Waals surface area contributed by atoms with Gasteiger partial charge in [0.2, 0.25) is 0 Å². The van der Waals surface area contributed by atoms with Gasteiger partial charge in [-0.05, 0) is 5.92 Å². The first kappa shape index (κ1) is 15.1. The molecule has 16 heavy (non-hydrogen) atoms. The van der Waals surface area contributed by atoms with Crippen LogP contribution in [0.25, 0.3) is 0 Å². The van der Waals surface area contributed by atoms with E-state index in [0.29, 0.717) is 0 Å². The molecule has 6 nitrogen and oxygen atoms in total. The summed E-state index contributed by atoms with van der Waals surface area (Å²) in [5.74, 6) is -1.04. The molecule has 0 atom stereocenters. The van der Waals surface area contributed by atoms with Crippen molar-refractivity contribution in [2.75, 3.05) is 19.6 Å². The number of aliphatic carboxylic acids is 1. The molecule has 0 aliphatic rings. The Bertz CT molecular complexity index is 337. The van der Waals surface area contributed by atoms with Crippen LogP contribution < -0.4 is 4.72 Å². The summed E-state index contributed by atoms with van der Waals surface area (Å²) in [5.41, 5.74) is 0. The first-order chi connectivity index (χ1) is 7.29. The summed E-state index contributed by atoms with van der Waals surface area (Å²) in [6.07, 6.45) is 1.34. The zero-order valence-corrected chi connectivity index (χ0v) is 10.3. The highest BCUT2D eigenvalue weighted by Crippen LogP contribution is 1.99. The highest BCUT2D eigenvalue weighted by Gasteiger charge is 2.22. The van der Waals surface area contributed by atoms with Crippen LogP contribution in [0.3, 0.4) is 0 Å². The number of carbonyl (C=O) groups is 1. The smallest absolute Gasteiger partial charge is 0.318 e. The van der Waals surface area contributed by atoms with E-state index in [0.717, 1.165) is 4.31 Å². The van der Waals surface area contributed by atoms with Crippen LogP contribution in [0.1, 0.15) is 13.8 Å². The predicted molar refractivity (Wildman–Crippen MR) is 61.2 cm³/mol. The number of rotatable bonds is 8. The van der Waals surface area contributed by atoms with Gasteiger partial charge in [-0.15, -0.1) is 6.58 Å². The average molecular weight is 250 g/mol. The highest BCUT2D eigenvalue weighted by atomic mass is 32.2. The Labute approximate surface area is 96.1 Å². The molecule has 0 saturated carbocycles. The second kappa shape index (κ2) is 6.62. The summed E-state index contributed by atoms with van der Waals surface area (Å²) in [5, 5.41) is 8.58. The van der Waals surface area contributed by atoms with Gasteiger partial charge in [0.15, 0.2) is 0 Å². The van der Waals surface area contributed by atoms with Crippen molar-refractivity contribution in [1.82, 2.24) is 9.03 Å². The quantitative estimate of drug-likeness (QED) is 0.596. The van der Waals surface area contributed by atoms with Crippen molar-refractivity contribution in [3.8, 4) is 0 Å². The molecule has 0 bridgehead atoms. The van der Waals surface area contributed by atoms with E-state index in [1.54, 1.807) is 0 Å². The molecule has 7 heteroatoms. The van der Waals surface area contributed by atoms with Gasteiger partial charge in [0.1, 0.15) is 6.54 Å². The lowest BCUT2D eigenvalue weighted by atomic mass is 10.2. The Balaban J connectivity index is 4.61. The number of carboxylic acid groups (broad SMARTS) is 1. The molecular formula is C9H18N2O4S. The lowest BCUT2D eigenvalue weighted by Gasteiger charge is -2.19. The predicted octanol–water partition coefficient (Wildman–Crippen LogP) is 0.0494. The summed E-state index contributed by atoms with van der Waals surface area (Å²) in [4.78, 5) is 10.5. The minimum absolute atomic E-state index is 0.0280. The highest BCUT2D eigenvalue weighted by molar-refractivity contribution is 7.87. The van der Waals surface area contributed by atoms with Crippen molar-refractivity contribution in [2.24, 2.45) is 5.92 Å². The largest absolute Gasteiger partial charge is 0.480 e.